The van der Waals surface area contributed by atoms with Gasteiger partial charge in [-0.25, -0.2) is 0 Å². The third kappa shape index (κ3) is 3.10. The molecule has 1 unspecified atom stereocenters. The monoisotopic (exact) mass is 230 g/mol. The minimum absolute atomic E-state index is 0.275. The SMILES string of the molecule is COCC(C)Sc1nnc(N)n1C(C)C. The topological polar surface area (TPSA) is 66.0 Å². The van der Waals surface area contributed by atoms with Crippen LogP contribution in [-0.2, 0) is 4.74 Å². The molecule has 2 N–H and O–H groups in total. The molecule has 1 aromatic heterocycles. The summed E-state index contributed by atoms with van der Waals surface area (Å²) in [6.45, 7) is 6.90. The standard InChI is InChI=1S/C9H18N4OS/c1-6(2)13-8(10)11-12-9(13)15-7(3)5-14-4/h6-7H,5H2,1-4H3,(H2,10,11). The molecule has 1 rings (SSSR count). The summed E-state index contributed by atoms with van der Waals surface area (Å²) in [6.07, 6.45) is 0. The van der Waals surface area contributed by atoms with Crippen LogP contribution in [0.2, 0.25) is 0 Å². The minimum Gasteiger partial charge on any atom is -0.384 e. The molecular formula is C9H18N4OS. The number of aromatic nitrogens is 3. The first-order valence-electron chi connectivity index (χ1n) is 4.92. The lowest BCUT2D eigenvalue weighted by molar-refractivity contribution is 0.203. The molecule has 0 spiro atoms. The molecular weight excluding hydrogens is 212 g/mol. The second-order valence-electron chi connectivity index (χ2n) is 3.69. The van der Waals surface area contributed by atoms with Crippen LogP contribution in [0.25, 0.3) is 0 Å². The number of hydrogen-bond acceptors (Lipinski definition) is 5. The van der Waals surface area contributed by atoms with E-state index in [1.807, 2.05) is 4.57 Å². The summed E-state index contributed by atoms with van der Waals surface area (Å²) in [5.74, 6) is 0.470. The second-order valence-corrected chi connectivity index (χ2v) is 5.09. The van der Waals surface area contributed by atoms with E-state index in [2.05, 4.69) is 31.0 Å². The molecule has 5 nitrogen and oxygen atoms in total. The predicted octanol–water partition coefficient (Wildman–Crippen LogP) is 1.57. The Labute approximate surface area is 94.4 Å². The summed E-state index contributed by atoms with van der Waals surface area (Å²) in [7, 11) is 1.69. The van der Waals surface area contributed by atoms with Gasteiger partial charge in [0.05, 0.1) is 6.61 Å². The minimum atomic E-state index is 0.275. The highest BCUT2D eigenvalue weighted by Gasteiger charge is 2.15. The van der Waals surface area contributed by atoms with Gasteiger partial charge in [0.2, 0.25) is 5.95 Å². The van der Waals surface area contributed by atoms with Crippen LogP contribution in [0, 0.1) is 0 Å². The molecule has 0 saturated heterocycles. The smallest absolute Gasteiger partial charge is 0.222 e. The third-order valence-corrected chi connectivity index (χ3v) is 2.94. The Kier molecular flexibility index (Phi) is 4.41. The normalized spacial score (nSPS) is 13.4. The molecule has 0 fully saturated rings. The summed E-state index contributed by atoms with van der Waals surface area (Å²) in [5.41, 5.74) is 5.74. The Morgan fingerprint density at radius 1 is 1.40 bits per heavy atom. The zero-order valence-corrected chi connectivity index (χ0v) is 10.4. The van der Waals surface area contributed by atoms with E-state index >= 15 is 0 Å². The summed E-state index contributed by atoms with van der Waals surface area (Å²) < 4.78 is 7.00. The molecule has 0 radical (unpaired) electrons. The molecule has 0 aliphatic rings. The molecule has 0 saturated carbocycles. The van der Waals surface area contributed by atoms with Crippen LogP contribution in [0.1, 0.15) is 26.8 Å². The van der Waals surface area contributed by atoms with Gasteiger partial charge in [0.1, 0.15) is 0 Å². The van der Waals surface area contributed by atoms with Gasteiger partial charge in [-0.1, -0.05) is 18.7 Å². The van der Waals surface area contributed by atoms with Gasteiger partial charge in [-0.05, 0) is 13.8 Å². The van der Waals surface area contributed by atoms with Crippen molar-refractivity contribution in [3.8, 4) is 0 Å². The van der Waals surface area contributed by atoms with Gasteiger partial charge < -0.3 is 10.5 Å². The fraction of sp³-hybridized carbons (Fsp3) is 0.778. The maximum Gasteiger partial charge on any atom is 0.222 e. The molecule has 0 aliphatic heterocycles. The van der Waals surface area contributed by atoms with Crippen molar-refractivity contribution in [2.75, 3.05) is 19.5 Å². The molecule has 1 aromatic rings. The van der Waals surface area contributed by atoms with E-state index in [9.17, 15) is 0 Å². The van der Waals surface area contributed by atoms with Crippen LogP contribution < -0.4 is 5.73 Å². The highest BCUT2D eigenvalue weighted by atomic mass is 32.2. The van der Waals surface area contributed by atoms with Crippen molar-refractivity contribution in [2.24, 2.45) is 0 Å². The van der Waals surface area contributed by atoms with Crippen LogP contribution >= 0.6 is 11.8 Å². The van der Waals surface area contributed by atoms with E-state index in [0.29, 0.717) is 17.8 Å². The Balaban J connectivity index is 2.76. The zero-order chi connectivity index (χ0) is 11.4. The van der Waals surface area contributed by atoms with Gasteiger partial charge in [-0.15, -0.1) is 10.2 Å². The van der Waals surface area contributed by atoms with Crippen LogP contribution in [0.15, 0.2) is 5.16 Å². The first kappa shape index (κ1) is 12.3. The van der Waals surface area contributed by atoms with Crippen molar-refractivity contribution >= 4 is 17.7 Å². The van der Waals surface area contributed by atoms with E-state index < -0.39 is 0 Å². The maximum absolute atomic E-state index is 5.74. The predicted molar refractivity (Wildman–Crippen MR) is 62.0 cm³/mol. The number of nitrogen functional groups attached to an aromatic ring is 1. The number of methoxy groups -OCH3 is 1. The van der Waals surface area contributed by atoms with Gasteiger partial charge in [0.15, 0.2) is 5.16 Å². The number of nitrogens with zero attached hydrogens (tertiary/aromatic N) is 3. The number of anilines is 1. The first-order chi connectivity index (χ1) is 7.06. The highest BCUT2D eigenvalue weighted by Crippen LogP contribution is 2.25. The van der Waals surface area contributed by atoms with Crippen LogP contribution in [-0.4, -0.2) is 33.7 Å². The summed E-state index contributed by atoms with van der Waals surface area (Å²) >= 11 is 1.63. The maximum atomic E-state index is 5.74. The van der Waals surface area contributed by atoms with E-state index in [0.717, 1.165) is 5.16 Å². The van der Waals surface area contributed by atoms with Crippen molar-refractivity contribution < 1.29 is 4.74 Å². The van der Waals surface area contributed by atoms with Gasteiger partial charge >= 0.3 is 0 Å². The lowest BCUT2D eigenvalue weighted by atomic mass is 10.4. The van der Waals surface area contributed by atoms with Gasteiger partial charge in [-0.3, -0.25) is 4.57 Å². The van der Waals surface area contributed by atoms with Crippen molar-refractivity contribution in [2.45, 2.75) is 37.2 Å². The quantitative estimate of drug-likeness (QED) is 0.778. The van der Waals surface area contributed by atoms with E-state index in [1.165, 1.54) is 0 Å². The first-order valence-corrected chi connectivity index (χ1v) is 5.80. The third-order valence-electron chi connectivity index (χ3n) is 1.92. The molecule has 15 heavy (non-hydrogen) atoms. The van der Waals surface area contributed by atoms with E-state index in [4.69, 9.17) is 10.5 Å². The summed E-state index contributed by atoms with van der Waals surface area (Å²) in [6, 6.07) is 0.275. The Bertz CT molecular complexity index is 313. The average Bonchev–Trinajstić information content (AvgIpc) is 2.47. The second kappa shape index (κ2) is 5.37. The molecule has 0 aliphatic carbocycles. The van der Waals surface area contributed by atoms with Crippen molar-refractivity contribution in [1.29, 1.82) is 0 Å². The fourth-order valence-corrected chi connectivity index (χ4v) is 2.37. The molecule has 86 valence electrons. The van der Waals surface area contributed by atoms with Crippen LogP contribution in [0.5, 0.6) is 0 Å². The molecule has 1 atom stereocenters. The van der Waals surface area contributed by atoms with Gasteiger partial charge in [0.25, 0.3) is 0 Å². The Hall–Kier alpha value is -0.750. The lowest BCUT2D eigenvalue weighted by Gasteiger charge is -2.13. The zero-order valence-electron chi connectivity index (χ0n) is 9.60. The van der Waals surface area contributed by atoms with Gasteiger partial charge in [0, 0.05) is 18.4 Å². The summed E-state index contributed by atoms with van der Waals surface area (Å²) in [5, 5.41) is 9.13. The van der Waals surface area contributed by atoms with E-state index in [1.54, 1.807) is 18.9 Å². The summed E-state index contributed by atoms with van der Waals surface area (Å²) in [4.78, 5) is 0. The molecule has 6 heteroatoms. The number of hydrogen-bond donors (Lipinski definition) is 1. The lowest BCUT2D eigenvalue weighted by Crippen LogP contribution is -2.10. The molecule has 0 aromatic carbocycles. The van der Waals surface area contributed by atoms with Crippen molar-refractivity contribution in [1.82, 2.24) is 14.8 Å². The van der Waals surface area contributed by atoms with Crippen molar-refractivity contribution in [3.63, 3.8) is 0 Å². The van der Waals surface area contributed by atoms with E-state index in [-0.39, 0.29) is 6.04 Å². The number of ether oxygens (including phenoxy) is 1. The Morgan fingerprint density at radius 3 is 2.60 bits per heavy atom. The molecule has 0 bridgehead atoms. The number of nitrogens with two attached hydrogens (primary N) is 1. The van der Waals surface area contributed by atoms with Crippen molar-refractivity contribution in [3.05, 3.63) is 0 Å². The fourth-order valence-electron chi connectivity index (χ4n) is 1.30. The molecule has 0 amide bonds. The van der Waals surface area contributed by atoms with Gasteiger partial charge in [-0.2, -0.15) is 0 Å². The number of rotatable bonds is 5. The largest absolute Gasteiger partial charge is 0.384 e. The Morgan fingerprint density at radius 2 is 2.07 bits per heavy atom. The highest BCUT2D eigenvalue weighted by molar-refractivity contribution is 7.99. The number of thioether (sulfide) groups is 1. The van der Waals surface area contributed by atoms with Crippen LogP contribution in [0.3, 0.4) is 0 Å². The molecule has 1 heterocycles. The van der Waals surface area contributed by atoms with Crippen LogP contribution in [0.4, 0.5) is 5.95 Å². The average molecular weight is 230 g/mol.